The van der Waals surface area contributed by atoms with Gasteiger partial charge in [0.25, 0.3) is 0 Å². The van der Waals surface area contributed by atoms with Crippen LogP contribution in [-0.4, -0.2) is 152 Å². The summed E-state index contributed by atoms with van der Waals surface area (Å²) in [6.45, 7) is 11.1. The van der Waals surface area contributed by atoms with E-state index in [4.69, 9.17) is 18.0 Å². The zero-order chi connectivity index (χ0) is 68.9. The summed E-state index contributed by atoms with van der Waals surface area (Å²) >= 11 is 2.97. The number of oxazole rings is 1. The van der Waals surface area contributed by atoms with Crippen LogP contribution in [0.15, 0.2) is 133 Å². The van der Waals surface area contributed by atoms with E-state index in [9.17, 15) is 34.5 Å². The van der Waals surface area contributed by atoms with Crippen LogP contribution in [0.25, 0.3) is 32.2 Å². The molecule has 3 fully saturated rings. The molecule has 0 unspecified atom stereocenters. The molecular weight excluding hydrogens is 1290 g/mol. The summed E-state index contributed by atoms with van der Waals surface area (Å²) in [7, 11) is 0. The first-order valence-corrected chi connectivity index (χ1v) is 34.5. The molecule has 9 heterocycles. The summed E-state index contributed by atoms with van der Waals surface area (Å²) < 4.78 is 22.9. The van der Waals surface area contributed by atoms with Gasteiger partial charge in [-0.2, -0.15) is 0 Å². The van der Waals surface area contributed by atoms with E-state index in [1.165, 1.54) is 43.8 Å². The van der Waals surface area contributed by atoms with Crippen LogP contribution in [0, 0.1) is 26.2 Å². The number of carbonyl (C=O) groups is 6. The minimum absolute atomic E-state index is 0.0134. The van der Waals surface area contributed by atoms with Crippen LogP contribution < -0.4 is 16.0 Å². The maximum Gasteiger partial charge on any atom is 0.243 e. The van der Waals surface area contributed by atoms with E-state index in [0.29, 0.717) is 57.5 Å². The van der Waals surface area contributed by atoms with Crippen molar-refractivity contribution in [1.29, 1.82) is 0 Å². The van der Waals surface area contributed by atoms with Crippen molar-refractivity contribution in [1.82, 2.24) is 61.1 Å². The number of nitrogens with one attached hydrogen (secondary N) is 3. The quantitative estimate of drug-likeness (QED) is 0.0317. The average Bonchev–Trinajstić information content (AvgIpc) is 1.28. The predicted molar refractivity (Wildman–Crippen MR) is 359 cm³/mol. The summed E-state index contributed by atoms with van der Waals surface area (Å²) in [6, 6.07) is 21.3. The highest BCUT2D eigenvalue weighted by Gasteiger charge is 2.49. The Hall–Kier alpha value is -9.54. The molecule has 0 bridgehead atoms. The van der Waals surface area contributed by atoms with Gasteiger partial charge < -0.3 is 64.0 Å². The van der Waals surface area contributed by atoms with Gasteiger partial charge >= 0.3 is 0 Å². The van der Waals surface area contributed by atoms with E-state index < -0.39 is 89.1 Å². The molecule has 27 heteroatoms. The maximum atomic E-state index is 15.3. The number of nitrogens with zero attached hydrogens (tertiary/aromatic N) is 9. The van der Waals surface area contributed by atoms with Crippen molar-refractivity contribution in [3.05, 3.63) is 177 Å². The summed E-state index contributed by atoms with van der Waals surface area (Å²) in [5.41, 5.74) is 10.6. The molecular formula is C71H78N12O13S2. The van der Waals surface area contributed by atoms with Crippen molar-refractivity contribution >= 4 is 58.1 Å². The molecule has 0 spiro atoms. The van der Waals surface area contributed by atoms with Gasteiger partial charge in [0.05, 0.1) is 74.2 Å². The minimum Gasteiger partial charge on any atom is -0.444 e. The molecule has 25 nitrogen and oxygen atoms in total. The second kappa shape index (κ2) is 29.7. The van der Waals surface area contributed by atoms with Crippen molar-refractivity contribution in [2.24, 2.45) is 5.41 Å². The summed E-state index contributed by atoms with van der Waals surface area (Å²) in [6.07, 6.45) is 4.72. The molecule has 3 aliphatic rings. The monoisotopic (exact) mass is 1370 g/mol. The zero-order valence-electron chi connectivity index (χ0n) is 55.1. The van der Waals surface area contributed by atoms with Crippen LogP contribution >= 0.6 is 22.7 Å². The number of benzene rings is 3. The van der Waals surface area contributed by atoms with Crippen molar-refractivity contribution in [3.8, 4) is 32.2 Å². The predicted octanol–water partition coefficient (Wildman–Crippen LogP) is 7.87. The van der Waals surface area contributed by atoms with Crippen molar-refractivity contribution in [3.63, 3.8) is 0 Å². The number of aliphatic hydroxyl groups excluding tert-OH is 3. The Balaban J connectivity index is 0.737. The van der Waals surface area contributed by atoms with Crippen LogP contribution in [-0.2, 0) is 61.2 Å². The van der Waals surface area contributed by atoms with Gasteiger partial charge in [0, 0.05) is 94.7 Å². The van der Waals surface area contributed by atoms with E-state index >= 15 is 9.59 Å². The Bertz CT molecular complexity index is 4280. The summed E-state index contributed by atoms with van der Waals surface area (Å²) in [5, 5.41) is 54.4. The van der Waals surface area contributed by atoms with E-state index in [0.717, 1.165) is 37.6 Å². The highest BCUT2D eigenvalue weighted by atomic mass is 32.1. The number of amides is 6. The van der Waals surface area contributed by atoms with Crippen LogP contribution in [0.4, 0.5) is 0 Å². The fourth-order valence-corrected chi connectivity index (χ4v) is 15.1. The number of aryl methyl sites for hydroxylation is 4. The fraction of sp³-hybridized carbons (Fsp3) is 0.408. The Morgan fingerprint density at radius 1 is 0.561 bits per heavy atom. The molecule has 6 amide bonds. The largest absolute Gasteiger partial charge is 0.444 e. The van der Waals surface area contributed by atoms with E-state index in [1.54, 1.807) is 68.6 Å². The third-order valence-electron chi connectivity index (χ3n) is 18.7. The first kappa shape index (κ1) is 68.4. The molecule has 3 aliphatic heterocycles. The molecule has 12 rings (SSSR count). The van der Waals surface area contributed by atoms with Gasteiger partial charge in [0.1, 0.15) is 41.3 Å². The number of likely N-dealkylation sites (tertiary alicyclic amines) is 3. The number of thiazole rings is 2. The van der Waals surface area contributed by atoms with Crippen molar-refractivity contribution in [2.75, 3.05) is 19.6 Å². The molecule has 6 aromatic heterocycles. The topological polar surface area (TPSA) is 339 Å². The molecule has 0 saturated carbocycles. The van der Waals surface area contributed by atoms with Gasteiger partial charge in [-0.3, -0.25) is 38.7 Å². The van der Waals surface area contributed by atoms with E-state index in [1.807, 2.05) is 81.4 Å². The lowest BCUT2D eigenvalue weighted by molar-refractivity contribution is -0.142. The first-order valence-electron chi connectivity index (χ1n) is 32.8. The minimum atomic E-state index is -1.07. The second-order valence-corrected chi connectivity index (χ2v) is 28.2. The number of hydrogen-bond acceptors (Lipinski definition) is 21. The third-order valence-corrected chi connectivity index (χ3v) is 20.3. The molecule has 512 valence electrons. The van der Waals surface area contributed by atoms with Crippen molar-refractivity contribution in [2.45, 2.75) is 160 Å². The van der Waals surface area contributed by atoms with Gasteiger partial charge in [-0.15, -0.1) is 22.7 Å². The van der Waals surface area contributed by atoms with Crippen LogP contribution in [0.5, 0.6) is 0 Å². The Morgan fingerprint density at radius 2 is 1.03 bits per heavy atom. The molecule has 9 aromatic rings. The highest BCUT2D eigenvalue weighted by Crippen LogP contribution is 2.44. The van der Waals surface area contributed by atoms with Crippen LogP contribution in [0.2, 0.25) is 0 Å². The number of rotatable bonds is 25. The number of aliphatic hydroxyl groups is 3. The number of aromatic nitrogens is 6. The lowest BCUT2D eigenvalue weighted by Gasteiger charge is -2.36. The van der Waals surface area contributed by atoms with E-state index in [2.05, 4.69) is 46.4 Å². The van der Waals surface area contributed by atoms with Gasteiger partial charge in [0.2, 0.25) is 35.4 Å². The number of carbonyl (C=O) groups excluding carboxylic acids is 6. The molecule has 0 aliphatic carbocycles. The van der Waals surface area contributed by atoms with Gasteiger partial charge in [0.15, 0.2) is 12.2 Å². The summed E-state index contributed by atoms with van der Waals surface area (Å²) in [5.74, 6) is -3.76. The SMILES string of the molecule is CC[C@@H](C(=O)N1C[C@H](O)C[C@H]1C(=O)NCc1ccc(-c2cnco2)c(CC[C@@H](C(=O)N2C[C@H](O)C[C@H]2C(=O)NCc2ccc(-c3cncs3)c(CC(C)(C)[C@@H](C(=O)N3C[C@H](O)C[C@H]3C(=O)NCc3ccc(-c4cncs4)cc3)c3cc(C)no3)c2)c2cc(C)no2)c1)c1cc(C)no1. The molecule has 3 aromatic carbocycles. The van der Waals surface area contributed by atoms with Crippen LogP contribution in [0.1, 0.15) is 133 Å². The third kappa shape index (κ3) is 15.3. The second-order valence-electron chi connectivity index (χ2n) is 26.4. The zero-order valence-corrected chi connectivity index (χ0v) is 56.8. The maximum absolute atomic E-state index is 15.3. The normalized spacial score (nSPS) is 19.6. The number of β-amino-alcohol motifs (C(OH)–C–C–N with tert-alkyl or cyclic N) is 3. The smallest absolute Gasteiger partial charge is 0.243 e. The van der Waals surface area contributed by atoms with Crippen LogP contribution in [0.3, 0.4) is 0 Å². The van der Waals surface area contributed by atoms with Gasteiger partial charge in [-0.05, 0) is 90.8 Å². The molecule has 9 atom stereocenters. The van der Waals surface area contributed by atoms with Gasteiger partial charge in [-0.25, -0.2) is 4.98 Å². The first-order chi connectivity index (χ1) is 47.2. The van der Waals surface area contributed by atoms with Gasteiger partial charge in [-0.1, -0.05) is 96.9 Å². The van der Waals surface area contributed by atoms with E-state index in [-0.39, 0.29) is 89.5 Å². The fourth-order valence-electron chi connectivity index (χ4n) is 13.8. The molecule has 98 heavy (non-hydrogen) atoms. The Morgan fingerprint density at radius 3 is 1.52 bits per heavy atom. The Labute approximate surface area is 573 Å². The average molecular weight is 1370 g/mol. The highest BCUT2D eigenvalue weighted by molar-refractivity contribution is 7.13. The Kier molecular flexibility index (Phi) is 20.7. The molecule has 3 saturated heterocycles. The standard InChI is InChI=1S/C71H78N12O13S2/c1-7-51(58-18-39(2)78-94-58)68(90)81-33-48(84)23-55(81)65(87)76-28-43-10-15-52(61-30-72-36-93-61)46(21-43)14-17-54(59-19-40(3)79-95-59)69(91)82-34-49(85)24-56(82)66(88)77-29-44-11-16-53(63-32-74-38-98-63)47(22-44)26-71(5,6)64(60-20-41(4)80-96-60)70(92)83-35-50(86)25-57(83)67(89)75-27-42-8-12-45(13-9-42)62-31-73-37-97-62/h8-13,15-16,18-22,30-32,36-38,48-51,54-57,64,84-86H,7,14,17,23-29,33-35H2,1-6H3,(H,75,89)(H,76,87)(H,77,88)/t48-,49-,50-,51-,54-,55+,56+,57+,64-/m1/s1. The number of hydrogen-bond donors (Lipinski definition) is 6. The lowest BCUT2D eigenvalue weighted by Crippen LogP contribution is -2.49. The molecule has 6 N–H and O–H groups in total. The lowest BCUT2D eigenvalue weighted by atomic mass is 9.71. The van der Waals surface area contributed by atoms with Crippen molar-refractivity contribution < 1.29 is 62.1 Å². The summed E-state index contributed by atoms with van der Waals surface area (Å²) in [4.78, 5) is 106. The molecule has 0 radical (unpaired) electrons.